The molecule has 6 heteroatoms. The molecule has 4 rings (SSSR count). The Kier molecular flexibility index (Phi) is 4.58. The summed E-state index contributed by atoms with van der Waals surface area (Å²) in [5.74, 6) is 0.724. The summed E-state index contributed by atoms with van der Waals surface area (Å²) in [7, 11) is 1.64. The predicted octanol–water partition coefficient (Wildman–Crippen LogP) is 3.65. The second kappa shape index (κ2) is 6.91. The number of ether oxygens (including phenoxy) is 1. The van der Waals surface area contributed by atoms with Crippen molar-refractivity contribution in [3.63, 3.8) is 0 Å². The van der Waals surface area contributed by atoms with Gasteiger partial charge in [-0.1, -0.05) is 23.7 Å². The SMILES string of the molecule is COc1ccc(C2c3[nH]c4ccc(Cl)cc4c3CCN2C(=O)[C@H](C)N)cc1. The molecular formula is C21H22ClN3O2. The van der Waals surface area contributed by atoms with Gasteiger partial charge in [-0.15, -0.1) is 0 Å². The number of nitrogens with two attached hydrogens (primary N) is 1. The number of amides is 1. The van der Waals surface area contributed by atoms with Crippen molar-refractivity contribution >= 4 is 28.4 Å². The van der Waals surface area contributed by atoms with Crippen LogP contribution in [0.2, 0.25) is 5.02 Å². The summed E-state index contributed by atoms with van der Waals surface area (Å²) in [6.07, 6.45) is 0.765. The molecular weight excluding hydrogens is 362 g/mol. The molecule has 0 fully saturated rings. The molecule has 5 nitrogen and oxygen atoms in total. The lowest BCUT2D eigenvalue weighted by Gasteiger charge is -2.37. The molecule has 0 spiro atoms. The van der Waals surface area contributed by atoms with Gasteiger partial charge in [0.05, 0.1) is 19.2 Å². The Morgan fingerprint density at radius 1 is 1.30 bits per heavy atom. The Hall–Kier alpha value is -2.50. The van der Waals surface area contributed by atoms with E-state index >= 15 is 0 Å². The first-order valence-electron chi connectivity index (χ1n) is 8.99. The van der Waals surface area contributed by atoms with Gasteiger partial charge in [0.1, 0.15) is 5.75 Å². The van der Waals surface area contributed by atoms with Crippen LogP contribution < -0.4 is 10.5 Å². The van der Waals surface area contributed by atoms with Crippen molar-refractivity contribution in [2.45, 2.75) is 25.4 Å². The molecule has 0 saturated carbocycles. The zero-order valence-electron chi connectivity index (χ0n) is 15.3. The van der Waals surface area contributed by atoms with E-state index in [2.05, 4.69) is 4.98 Å². The van der Waals surface area contributed by atoms with Gasteiger partial charge in [0, 0.05) is 28.2 Å². The van der Waals surface area contributed by atoms with E-state index in [0.29, 0.717) is 11.6 Å². The van der Waals surface area contributed by atoms with Gasteiger partial charge in [0.15, 0.2) is 0 Å². The van der Waals surface area contributed by atoms with Crippen LogP contribution in [0.4, 0.5) is 0 Å². The molecule has 1 aromatic heterocycles. The van der Waals surface area contributed by atoms with Gasteiger partial charge in [-0.2, -0.15) is 0 Å². The van der Waals surface area contributed by atoms with E-state index < -0.39 is 6.04 Å². The van der Waals surface area contributed by atoms with Crippen molar-refractivity contribution < 1.29 is 9.53 Å². The van der Waals surface area contributed by atoms with E-state index in [1.165, 1.54) is 5.56 Å². The lowest BCUT2D eigenvalue weighted by Crippen LogP contribution is -2.47. The third kappa shape index (κ3) is 3.07. The van der Waals surface area contributed by atoms with Gasteiger partial charge in [0.2, 0.25) is 5.91 Å². The van der Waals surface area contributed by atoms with Crippen LogP contribution in [0.15, 0.2) is 42.5 Å². The molecule has 0 bridgehead atoms. The van der Waals surface area contributed by atoms with Crippen molar-refractivity contribution in [2.24, 2.45) is 5.73 Å². The summed E-state index contributed by atoms with van der Waals surface area (Å²) in [5.41, 5.74) is 10.2. The van der Waals surface area contributed by atoms with E-state index in [-0.39, 0.29) is 11.9 Å². The Morgan fingerprint density at radius 3 is 2.70 bits per heavy atom. The van der Waals surface area contributed by atoms with Gasteiger partial charge >= 0.3 is 0 Å². The molecule has 140 valence electrons. The third-order valence-electron chi connectivity index (χ3n) is 5.19. The Balaban J connectivity index is 1.88. The van der Waals surface area contributed by atoms with Crippen molar-refractivity contribution in [3.8, 4) is 5.75 Å². The zero-order chi connectivity index (χ0) is 19.1. The minimum absolute atomic E-state index is 0.0573. The van der Waals surface area contributed by atoms with Crippen LogP contribution in [0.5, 0.6) is 5.75 Å². The van der Waals surface area contributed by atoms with Gasteiger partial charge < -0.3 is 20.4 Å². The number of nitrogens with zero attached hydrogens (tertiary/aromatic N) is 1. The highest BCUT2D eigenvalue weighted by Crippen LogP contribution is 2.39. The zero-order valence-corrected chi connectivity index (χ0v) is 16.1. The van der Waals surface area contributed by atoms with Crippen LogP contribution in [-0.2, 0) is 11.2 Å². The second-order valence-electron chi connectivity index (χ2n) is 6.95. The van der Waals surface area contributed by atoms with E-state index in [4.69, 9.17) is 22.1 Å². The maximum atomic E-state index is 12.8. The Bertz CT molecular complexity index is 995. The molecule has 0 aliphatic carbocycles. The number of carbonyl (C=O) groups excluding carboxylic acids is 1. The van der Waals surface area contributed by atoms with Crippen molar-refractivity contribution in [3.05, 3.63) is 64.3 Å². The van der Waals surface area contributed by atoms with Gasteiger partial charge in [0.25, 0.3) is 0 Å². The molecule has 27 heavy (non-hydrogen) atoms. The maximum Gasteiger partial charge on any atom is 0.240 e. The summed E-state index contributed by atoms with van der Waals surface area (Å²) in [5, 5.41) is 1.82. The summed E-state index contributed by atoms with van der Waals surface area (Å²) >= 11 is 6.22. The van der Waals surface area contributed by atoms with Crippen LogP contribution in [0.3, 0.4) is 0 Å². The van der Waals surface area contributed by atoms with E-state index in [1.54, 1.807) is 14.0 Å². The molecule has 1 aliphatic heterocycles. The Labute approximate surface area is 163 Å². The number of hydrogen-bond acceptors (Lipinski definition) is 3. The molecule has 3 N–H and O–H groups in total. The monoisotopic (exact) mass is 383 g/mol. The quantitative estimate of drug-likeness (QED) is 0.725. The molecule has 3 aromatic rings. The topological polar surface area (TPSA) is 71.3 Å². The number of rotatable bonds is 3. The fourth-order valence-corrected chi connectivity index (χ4v) is 4.06. The first kappa shape index (κ1) is 17.9. The van der Waals surface area contributed by atoms with E-state index in [1.807, 2.05) is 47.4 Å². The van der Waals surface area contributed by atoms with Crippen molar-refractivity contribution in [1.29, 1.82) is 0 Å². The molecule has 2 atom stereocenters. The number of aromatic amines is 1. The number of carbonyl (C=O) groups is 1. The van der Waals surface area contributed by atoms with Crippen LogP contribution in [0.25, 0.3) is 10.9 Å². The minimum atomic E-state index is -0.550. The van der Waals surface area contributed by atoms with Crippen LogP contribution >= 0.6 is 11.6 Å². The number of halogens is 1. The molecule has 1 aliphatic rings. The highest BCUT2D eigenvalue weighted by molar-refractivity contribution is 6.31. The smallest absolute Gasteiger partial charge is 0.240 e. The highest BCUT2D eigenvalue weighted by Gasteiger charge is 2.35. The van der Waals surface area contributed by atoms with E-state index in [9.17, 15) is 4.79 Å². The number of H-pyrrole nitrogens is 1. The fraction of sp³-hybridized carbons (Fsp3) is 0.286. The number of methoxy groups -OCH3 is 1. The molecule has 2 heterocycles. The normalized spacial score (nSPS) is 17.6. The Morgan fingerprint density at radius 2 is 2.04 bits per heavy atom. The molecule has 1 amide bonds. The number of benzene rings is 2. The van der Waals surface area contributed by atoms with E-state index in [0.717, 1.165) is 34.3 Å². The molecule has 2 aromatic carbocycles. The summed E-state index contributed by atoms with van der Waals surface area (Å²) < 4.78 is 5.28. The first-order chi connectivity index (χ1) is 13.0. The van der Waals surface area contributed by atoms with Crippen LogP contribution in [0, 0.1) is 0 Å². The first-order valence-corrected chi connectivity index (χ1v) is 9.37. The minimum Gasteiger partial charge on any atom is -0.497 e. The van der Waals surface area contributed by atoms with Crippen LogP contribution in [0.1, 0.15) is 29.8 Å². The highest BCUT2D eigenvalue weighted by atomic mass is 35.5. The standard InChI is InChI=1S/C21H22ClN3O2/c1-12(23)21(26)25-10-9-16-17-11-14(22)5-8-18(17)24-19(16)20(25)13-3-6-15(27-2)7-4-13/h3-8,11-12,20,24H,9-10,23H2,1-2H3/t12-,20?/m0/s1. The largest absolute Gasteiger partial charge is 0.497 e. The number of fused-ring (bicyclic) bond motifs is 3. The average molecular weight is 384 g/mol. The number of nitrogens with one attached hydrogen (secondary N) is 1. The molecule has 1 unspecified atom stereocenters. The average Bonchev–Trinajstić information content (AvgIpc) is 3.04. The summed E-state index contributed by atoms with van der Waals surface area (Å²) in [6, 6.07) is 12.9. The summed E-state index contributed by atoms with van der Waals surface area (Å²) in [4.78, 5) is 18.2. The number of hydrogen-bond donors (Lipinski definition) is 2. The third-order valence-corrected chi connectivity index (χ3v) is 5.43. The molecule has 0 saturated heterocycles. The fourth-order valence-electron chi connectivity index (χ4n) is 3.89. The maximum absolute atomic E-state index is 12.8. The van der Waals surface area contributed by atoms with Crippen molar-refractivity contribution in [2.75, 3.05) is 13.7 Å². The van der Waals surface area contributed by atoms with Gasteiger partial charge in [-0.25, -0.2) is 0 Å². The number of aromatic nitrogens is 1. The van der Waals surface area contributed by atoms with Gasteiger partial charge in [-0.05, 0) is 54.8 Å². The second-order valence-corrected chi connectivity index (χ2v) is 7.39. The predicted molar refractivity (Wildman–Crippen MR) is 107 cm³/mol. The lowest BCUT2D eigenvalue weighted by molar-refractivity contribution is -0.134. The summed E-state index contributed by atoms with van der Waals surface area (Å²) in [6.45, 7) is 2.34. The van der Waals surface area contributed by atoms with Gasteiger partial charge in [-0.3, -0.25) is 4.79 Å². The van der Waals surface area contributed by atoms with Crippen molar-refractivity contribution in [1.82, 2.24) is 9.88 Å². The lowest BCUT2D eigenvalue weighted by atomic mass is 9.92. The van der Waals surface area contributed by atoms with Crippen LogP contribution in [-0.4, -0.2) is 35.5 Å². The molecule has 0 radical (unpaired) electrons.